The molecule has 0 aromatic rings. The zero-order chi connectivity index (χ0) is 15.4. The molecule has 0 aromatic heterocycles. The quantitative estimate of drug-likeness (QED) is 0.417. The van der Waals surface area contributed by atoms with E-state index in [9.17, 15) is 5.11 Å². The number of hydrogen-bond donors (Lipinski definition) is 1. The van der Waals surface area contributed by atoms with E-state index in [1.807, 2.05) is 0 Å². The molecular formula is C20H36O. The highest BCUT2D eigenvalue weighted by Crippen LogP contribution is 2.28. The summed E-state index contributed by atoms with van der Waals surface area (Å²) in [6, 6.07) is 0. The van der Waals surface area contributed by atoms with Crippen molar-refractivity contribution in [2.45, 2.75) is 103 Å². The average Bonchev–Trinajstić information content (AvgIpc) is 2.49. The molecule has 0 fully saturated rings. The predicted octanol–water partition coefficient (Wildman–Crippen LogP) is 6.32. The molecule has 0 heterocycles. The molecule has 0 radical (unpaired) electrons. The third kappa shape index (κ3) is 8.46. The number of unbranched alkanes of at least 4 members (excludes halogenated alkanes) is 8. The zero-order valence-corrected chi connectivity index (χ0v) is 14.4. The molecule has 0 saturated heterocycles. The summed E-state index contributed by atoms with van der Waals surface area (Å²) in [5.41, 5.74) is 0.875. The van der Waals surface area contributed by atoms with Crippen LogP contribution in [0.25, 0.3) is 0 Å². The molecule has 1 N–H and O–H groups in total. The van der Waals surface area contributed by atoms with Crippen LogP contribution in [0.1, 0.15) is 97.3 Å². The molecule has 0 spiro atoms. The monoisotopic (exact) mass is 292 g/mol. The van der Waals surface area contributed by atoms with Crippen LogP contribution in [0.4, 0.5) is 0 Å². The molecule has 21 heavy (non-hydrogen) atoms. The lowest BCUT2D eigenvalue weighted by molar-refractivity contribution is 0.0798. The molecule has 0 aromatic carbocycles. The molecular weight excluding hydrogens is 256 g/mol. The van der Waals surface area contributed by atoms with Gasteiger partial charge in [0.1, 0.15) is 0 Å². The molecule has 1 atom stereocenters. The summed E-state index contributed by atoms with van der Waals surface area (Å²) in [5.74, 6) is 0. The van der Waals surface area contributed by atoms with Gasteiger partial charge >= 0.3 is 0 Å². The fourth-order valence-corrected chi connectivity index (χ4v) is 3.04. The van der Waals surface area contributed by atoms with Crippen molar-refractivity contribution in [2.75, 3.05) is 0 Å². The average molecular weight is 293 g/mol. The standard InChI is InChI=1S/C20H36O/c1-3-5-7-9-11-13-19-14-17-20(21,18-15-19)16-12-10-8-6-4-2/h14-15,17,21H,3-13,16,18H2,1-2H3. The molecule has 0 amide bonds. The Hall–Kier alpha value is -0.560. The molecule has 0 saturated carbocycles. The van der Waals surface area contributed by atoms with Crippen LogP contribution < -0.4 is 0 Å². The minimum Gasteiger partial charge on any atom is -0.385 e. The Labute approximate surface area is 132 Å². The predicted molar refractivity (Wildman–Crippen MR) is 93.5 cm³/mol. The molecule has 1 heteroatoms. The van der Waals surface area contributed by atoms with Gasteiger partial charge in [0.05, 0.1) is 5.60 Å². The second kappa shape index (κ2) is 11.1. The van der Waals surface area contributed by atoms with Gasteiger partial charge in [0.25, 0.3) is 0 Å². The molecule has 1 unspecified atom stereocenters. The fourth-order valence-electron chi connectivity index (χ4n) is 3.04. The summed E-state index contributed by atoms with van der Waals surface area (Å²) in [7, 11) is 0. The van der Waals surface area contributed by atoms with Gasteiger partial charge in [0, 0.05) is 0 Å². The van der Waals surface area contributed by atoms with Crippen LogP contribution in [0.3, 0.4) is 0 Å². The summed E-state index contributed by atoms with van der Waals surface area (Å²) in [4.78, 5) is 0. The van der Waals surface area contributed by atoms with E-state index >= 15 is 0 Å². The highest BCUT2D eigenvalue weighted by atomic mass is 16.3. The maximum absolute atomic E-state index is 10.6. The second-order valence-electron chi connectivity index (χ2n) is 6.75. The first-order valence-corrected chi connectivity index (χ1v) is 9.31. The summed E-state index contributed by atoms with van der Waals surface area (Å²) >= 11 is 0. The van der Waals surface area contributed by atoms with Gasteiger partial charge in [-0.05, 0) is 25.7 Å². The highest BCUT2D eigenvalue weighted by molar-refractivity contribution is 5.27. The van der Waals surface area contributed by atoms with E-state index in [0.29, 0.717) is 0 Å². The van der Waals surface area contributed by atoms with Crippen molar-refractivity contribution in [1.82, 2.24) is 0 Å². The lowest BCUT2D eigenvalue weighted by atomic mass is 9.86. The van der Waals surface area contributed by atoms with Gasteiger partial charge in [0.2, 0.25) is 0 Å². The first-order valence-electron chi connectivity index (χ1n) is 9.31. The summed E-state index contributed by atoms with van der Waals surface area (Å²) in [6.07, 6.45) is 22.5. The van der Waals surface area contributed by atoms with Gasteiger partial charge in [-0.2, -0.15) is 0 Å². The van der Waals surface area contributed by atoms with E-state index in [0.717, 1.165) is 19.3 Å². The second-order valence-corrected chi connectivity index (χ2v) is 6.75. The SMILES string of the molecule is CCCCCCCC1=CCC(O)(CCCCCCC)C=C1. The number of rotatable bonds is 12. The lowest BCUT2D eigenvalue weighted by Crippen LogP contribution is -2.26. The van der Waals surface area contributed by atoms with Crippen molar-refractivity contribution in [3.8, 4) is 0 Å². The Balaban J connectivity index is 2.15. The van der Waals surface area contributed by atoms with Gasteiger partial charge in [-0.1, -0.05) is 95.4 Å². The highest BCUT2D eigenvalue weighted by Gasteiger charge is 2.23. The summed E-state index contributed by atoms with van der Waals surface area (Å²) < 4.78 is 0. The third-order valence-electron chi connectivity index (χ3n) is 4.61. The smallest absolute Gasteiger partial charge is 0.0865 e. The van der Waals surface area contributed by atoms with Crippen molar-refractivity contribution in [3.63, 3.8) is 0 Å². The maximum atomic E-state index is 10.6. The van der Waals surface area contributed by atoms with Crippen LogP contribution in [0, 0.1) is 0 Å². The van der Waals surface area contributed by atoms with Crippen LogP contribution in [0.2, 0.25) is 0 Å². The van der Waals surface area contributed by atoms with Crippen molar-refractivity contribution in [1.29, 1.82) is 0 Å². The molecule has 0 bridgehead atoms. The van der Waals surface area contributed by atoms with Crippen LogP contribution in [-0.4, -0.2) is 10.7 Å². The largest absolute Gasteiger partial charge is 0.385 e. The number of allylic oxidation sites excluding steroid dienone is 2. The number of aliphatic hydroxyl groups is 1. The minimum atomic E-state index is -0.558. The summed E-state index contributed by atoms with van der Waals surface area (Å²) in [6.45, 7) is 4.50. The van der Waals surface area contributed by atoms with Gasteiger partial charge < -0.3 is 5.11 Å². The zero-order valence-electron chi connectivity index (χ0n) is 14.4. The Kier molecular flexibility index (Phi) is 9.74. The van der Waals surface area contributed by atoms with Crippen LogP contribution in [-0.2, 0) is 0 Å². The van der Waals surface area contributed by atoms with E-state index in [4.69, 9.17) is 0 Å². The van der Waals surface area contributed by atoms with Gasteiger partial charge in [-0.15, -0.1) is 0 Å². The van der Waals surface area contributed by atoms with Crippen molar-refractivity contribution < 1.29 is 5.11 Å². The van der Waals surface area contributed by atoms with Crippen molar-refractivity contribution in [2.24, 2.45) is 0 Å². The molecule has 1 aliphatic rings. The van der Waals surface area contributed by atoms with E-state index < -0.39 is 5.60 Å². The first-order chi connectivity index (χ1) is 10.2. The number of hydrogen-bond acceptors (Lipinski definition) is 1. The van der Waals surface area contributed by atoms with Gasteiger partial charge in [-0.25, -0.2) is 0 Å². The molecule has 122 valence electrons. The molecule has 0 aliphatic heterocycles. The third-order valence-corrected chi connectivity index (χ3v) is 4.61. The maximum Gasteiger partial charge on any atom is 0.0865 e. The minimum absolute atomic E-state index is 0.558. The van der Waals surface area contributed by atoms with Gasteiger partial charge in [-0.3, -0.25) is 0 Å². The topological polar surface area (TPSA) is 20.2 Å². The Morgan fingerprint density at radius 2 is 1.52 bits per heavy atom. The molecule has 1 aliphatic carbocycles. The first kappa shape index (κ1) is 18.5. The molecule has 1 nitrogen and oxygen atoms in total. The summed E-state index contributed by atoms with van der Waals surface area (Å²) in [5, 5.41) is 10.6. The van der Waals surface area contributed by atoms with Crippen LogP contribution in [0.15, 0.2) is 23.8 Å². The van der Waals surface area contributed by atoms with Crippen molar-refractivity contribution >= 4 is 0 Å². The van der Waals surface area contributed by atoms with E-state index in [1.165, 1.54) is 69.8 Å². The fraction of sp³-hybridized carbons (Fsp3) is 0.800. The molecule has 1 rings (SSSR count). The van der Waals surface area contributed by atoms with E-state index in [1.54, 1.807) is 0 Å². The van der Waals surface area contributed by atoms with Crippen LogP contribution >= 0.6 is 0 Å². The van der Waals surface area contributed by atoms with Gasteiger partial charge in [0.15, 0.2) is 0 Å². The Morgan fingerprint density at radius 1 is 0.905 bits per heavy atom. The lowest BCUT2D eigenvalue weighted by Gasteiger charge is -2.26. The normalized spacial score (nSPS) is 21.6. The Bertz CT molecular complexity index is 316. The van der Waals surface area contributed by atoms with Crippen LogP contribution in [0.5, 0.6) is 0 Å². The van der Waals surface area contributed by atoms with Crippen molar-refractivity contribution in [3.05, 3.63) is 23.8 Å². The Morgan fingerprint density at radius 3 is 2.10 bits per heavy atom. The van der Waals surface area contributed by atoms with E-state index in [-0.39, 0.29) is 0 Å². The van der Waals surface area contributed by atoms with E-state index in [2.05, 4.69) is 32.1 Å².